The van der Waals surface area contributed by atoms with Crippen LogP contribution < -0.4 is 10.6 Å². The molecule has 7 nitrogen and oxygen atoms in total. The number of aliphatic hydroxyl groups is 1. The van der Waals surface area contributed by atoms with Crippen LogP contribution in [0.5, 0.6) is 0 Å². The fourth-order valence-electron chi connectivity index (χ4n) is 5.67. The van der Waals surface area contributed by atoms with Gasteiger partial charge in [0.05, 0.1) is 6.10 Å². The second-order valence-corrected chi connectivity index (χ2v) is 9.50. The van der Waals surface area contributed by atoms with Crippen molar-refractivity contribution in [2.75, 3.05) is 0 Å². The first-order valence-electron chi connectivity index (χ1n) is 11.7. The van der Waals surface area contributed by atoms with Crippen LogP contribution in [0.15, 0.2) is 54.6 Å². The normalized spacial score (nSPS) is 27.0. The van der Waals surface area contributed by atoms with E-state index in [0.717, 1.165) is 18.4 Å². The number of amides is 4. The molecule has 2 aliphatic carbocycles. The average molecular weight is 448 g/mol. The van der Waals surface area contributed by atoms with Crippen molar-refractivity contribution >= 4 is 17.8 Å². The molecule has 3 aliphatic rings. The smallest absolute Gasteiger partial charge is 0.322 e. The van der Waals surface area contributed by atoms with E-state index in [2.05, 4.69) is 17.6 Å². The second kappa shape index (κ2) is 8.30. The second-order valence-electron chi connectivity index (χ2n) is 9.50. The molecule has 2 aromatic rings. The molecule has 2 fully saturated rings. The monoisotopic (exact) mass is 447 g/mol. The summed E-state index contributed by atoms with van der Waals surface area (Å²) in [6.07, 6.45) is 2.29. The summed E-state index contributed by atoms with van der Waals surface area (Å²) in [5, 5.41) is 16.3. The highest BCUT2D eigenvalue weighted by atomic mass is 16.3. The molecule has 0 radical (unpaired) electrons. The van der Waals surface area contributed by atoms with Crippen LogP contribution in [0.2, 0.25) is 0 Å². The predicted octanol–water partition coefficient (Wildman–Crippen LogP) is 2.99. The average Bonchev–Trinajstić information content (AvgIpc) is 3.20. The molecule has 3 N–H and O–H groups in total. The minimum Gasteiger partial charge on any atom is -0.388 e. The zero-order valence-electron chi connectivity index (χ0n) is 18.7. The number of aliphatic hydroxyl groups excluding tert-OH is 1. The molecule has 1 heterocycles. The Hall–Kier alpha value is -3.19. The maximum absolute atomic E-state index is 13.8. The zero-order chi connectivity index (χ0) is 23.2. The number of hydrogen-bond donors (Lipinski definition) is 3. The summed E-state index contributed by atoms with van der Waals surface area (Å²) in [5.41, 5.74) is 0.726. The Labute approximate surface area is 193 Å². The number of nitrogens with zero attached hydrogens (tertiary/aromatic N) is 1. The number of urea groups is 1. The van der Waals surface area contributed by atoms with Gasteiger partial charge in [0, 0.05) is 24.9 Å². The quantitative estimate of drug-likeness (QED) is 0.593. The van der Waals surface area contributed by atoms with Gasteiger partial charge in [0.15, 0.2) is 5.54 Å². The van der Waals surface area contributed by atoms with Gasteiger partial charge >= 0.3 is 6.03 Å². The topological polar surface area (TPSA) is 98.7 Å². The molecule has 2 unspecified atom stereocenters. The molecule has 172 valence electrons. The van der Waals surface area contributed by atoms with E-state index < -0.39 is 29.5 Å². The van der Waals surface area contributed by atoms with E-state index in [9.17, 15) is 19.5 Å². The molecule has 1 aliphatic heterocycles. The third-order valence-corrected chi connectivity index (χ3v) is 7.77. The maximum Gasteiger partial charge on any atom is 0.322 e. The van der Waals surface area contributed by atoms with E-state index in [1.165, 1.54) is 6.42 Å². The van der Waals surface area contributed by atoms with Crippen molar-refractivity contribution in [1.82, 2.24) is 15.5 Å². The Kier molecular flexibility index (Phi) is 5.44. The molecule has 4 atom stereocenters. The number of nitrogens with one attached hydrogen (secondary N) is 2. The van der Waals surface area contributed by atoms with Crippen LogP contribution in [0.25, 0.3) is 0 Å². The molecule has 1 spiro atoms. The van der Waals surface area contributed by atoms with Crippen LogP contribution in [0.4, 0.5) is 4.79 Å². The summed E-state index contributed by atoms with van der Waals surface area (Å²) in [7, 11) is 0. The van der Waals surface area contributed by atoms with Crippen LogP contribution in [0.3, 0.4) is 0 Å². The first-order valence-corrected chi connectivity index (χ1v) is 11.7. The predicted molar refractivity (Wildman–Crippen MR) is 122 cm³/mol. The molecule has 0 aromatic heterocycles. The molecule has 33 heavy (non-hydrogen) atoms. The molecule has 5 rings (SSSR count). The summed E-state index contributed by atoms with van der Waals surface area (Å²) in [6, 6.07) is 16.4. The van der Waals surface area contributed by atoms with Crippen molar-refractivity contribution < 1.29 is 19.5 Å². The number of carbonyl (C=O) groups is 3. The first-order chi connectivity index (χ1) is 15.9. The lowest BCUT2D eigenvalue weighted by Gasteiger charge is -2.40. The zero-order valence-corrected chi connectivity index (χ0v) is 18.7. The summed E-state index contributed by atoms with van der Waals surface area (Å²) >= 11 is 0. The molecule has 0 bridgehead atoms. The number of fused-ring (bicyclic) bond motifs is 2. The van der Waals surface area contributed by atoms with Gasteiger partial charge in [-0.05, 0) is 42.4 Å². The van der Waals surface area contributed by atoms with E-state index in [-0.39, 0.29) is 18.4 Å². The van der Waals surface area contributed by atoms with Crippen molar-refractivity contribution in [3.63, 3.8) is 0 Å². The molecule has 1 saturated heterocycles. The molecule has 7 heteroatoms. The third-order valence-electron chi connectivity index (χ3n) is 7.77. The van der Waals surface area contributed by atoms with Gasteiger partial charge in [-0.15, -0.1) is 0 Å². The molecule has 2 aromatic carbocycles. The van der Waals surface area contributed by atoms with E-state index in [0.29, 0.717) is 23.6 Å². The summed E-state index contributed by atoms with van der Waals surface area (Å²) in [6.45, 7) is 2.56. The Bertz CT molecular complexity index is 1080. The highest BCUT2D eigenvalue weighted by Crippen LogP contribution is 2.51. The fourth-order valence-corrected chi connectivity index (χ4v) is 5.67. The lowest BCUT2D eigenvalue weighted by atomic mass is 9.78. The van der Waals surface area contributed by atoms with Crippen LogP contribution in [-0.2, 0) is 21.7 Å². The molecule has 4 amide bonds. The van der Waals surface area contributed by atoms with E-state index in [4.69, 9.17) is 0 Å². The van der Waals surface area contributed by atoms with E-state index in [1.807, 2.05) is 35.2 Å². The van der Waals surface area contributed by atoms with E-state index in [1.54, 1.807) is 24.3 Å². The maximum atomic E-state index is 13.8. The minimum absolute atomic E-state index is 0.0482. The van der Waals surface area contributed by atoms with Crippen molar-refractivity contribution in [1.29, 1.82) is 0 Å². The van der Waals surface area contributed by atoms with Gasteiger partial charge in [-0.3, -0.25) is 14.9 Å². The first kappa shape index (κ1) is 21.6. The fraction of sp³-hybridized carbons (Fsp3) is 0.423. The third kappa shape index (κ3) is 3.51. The minimum atomic E-state index is -1.44. The van der Waals surface area contributed by atoms with Crippen molar-refractivity contribution in [2.24, 2.45) is 11.8 Å². The highest BCUT2D eigenvalue weighted by Gasteiger charge is 2.61. The number of imide groups is 1. The Balaban J connectivity index is 1.47. The Morgan fingerprint density at radius 1 is 1.12 bits per heavy atom. The Morgan fingerprint density at radius 3 is 2.45 bits per heavy atom. The van der Waals surface area contributed by atoms with Gasteiger partial charge in [-0.25, -0.2) is 4.79 Å². The van der Waals surface area contributed by atoms with Crippen LogP contribution in [-0.4, -0.2) is 33.9 Å². The number of hydrogen-bond acceptors (Lipinski definition) is 4. The van der Waals surface area contributed by atoms with Crippen molar-refractivity contribution in [3.05, 3.63) is 71.3 Å². The number of carbonyl (C=O) groups excluding carboxylic acids is 3. The van der Waals surface area contributed by atoms with Gasteiger partial charge in [0.2, 0.25) is 5.91 Å². The van der Waals surface area contributed by atoms with Gasteiger partial charge in [0.1, 0.15) is 0 Å². The standard InChI is InChI=1S/C26H29N3O4/c1-16(18-10-7-11-18)29(15-17-8-3-2-4-9-17)22(30)14-21-23(31)19-12-5-6-13-20(19)26(21)24(32)27-25(33)28-26/h2-6,8-9,12-13,16,18,21,23,31H,7,10-11,14-15H2,1H3,(H2,27,28,32,33)/t16-,21?,23+,26?/m0/s1. The highest BCUT2D eigenvalue weighted by molar-refractivity contribution is 6.08. The van der Waals surface area contributed by atoms with Crippen LogP contribution in [0, 0.1) is 11.8 Å². The van der Waals surface area contributed by atoms with Crippen molar-refractivity contribution in [3.8, 4) is 0 Å². The Morgan fingerprint density at radius 2 is 1.82 bits per heavy atom. The molecular weight excluding hydrogens is 418 g/mol. The lowest BCUT2D eigenvalue weighted by Crippen LogP contribution is -2.51. The molecule has 1 saturated carbocycles. The van der Waals surface area contributed by atoms with Crippen molar-refractivity contribution in [2.45, 2.75) is 56.8 Å². The number of rotatable bonds is 6. The van der Waals surface area contributed by atoms with Gasteiger partial charge in [0.25, 0.3) is 5.91 Å². The van der Waals surface area contributed by atoms with E-state index >= 15 is 0 Å². The molecular formula is C26H29N3O4. The van der Waals surface area contributed by atoms with Gasteiger partial charge in [-0.1, -0.05) is 61.0 Å². The van der Waals surface area contributed by atoms with Crippen LogP contribution >= 0.6 is 0 Å². The van der Waals surface area contributed by atoms with Gasteiger partial charge in [-0.2, -0.15) is 0 Å². The summed E-state index contributed by atoms with van der Waals surface area (Å²) < 4.78 is 0. The van der Waals surface area contributed by atoms with Crippen LogP contribution in [0.1, 0.15) is 55.4 Å². The SMILES string of the molecule is C[C@@H](C1CCC1)N(Cc1ccccc1)C(=O)CC1[C@H](O)c2ccccc2C12NC(=O)NC2=O. The number of benzene rings is 2. The largest absolute Gasteiger partial charge is 0.388 e. The lowest BCUT2D eigenvalue weighted by molar-refractivity contribution is -0.140. The summed E-state index contributed by atoms with van der Waals surface area (Å²) in [4.78, 5) is 40.9. The summed E-state index contributed by atoms with van der Waals surface area (Å²) in [5.74, 6) is -0.980. The van der Waals surface area contributed by atoms with Gasteiger partial charge < -0.3 is 15.3 Å².